The predicted molar refractivity (Wildman–Crippen MR) is 63.2 cm³/mol. The normalized spacial score (nSPS) is 24.1. The van der Waals surface area contributed by atoms with E-state index in [0.717, 1.165) is 19.4 Å². The van der Waals surface area contributed by atoms with Gasteiger partial charge in [0, 0.05) is 12.6 Å². The lowest BCUT2D eigenvalue weighted by Crippen LogP contribution is -2.32. The van der Waals surface area contributed by atoms with Gasteiger partial charge in [0.2, 0.25) is 0 Å². The molecular formula is C13H15FN2O. The second-order valence-corrected chi connectivity index (χ2v) is 4.35. The van der Waals surface area contributed by atoms with E-state index in [0.29, 0.717) is 11.3 Å². The van der Waals surface area contributed by atoms with E-state index in [2.05, 4.69) is 5.32 Å². The Bertz CT molecular complexity index is 442. The van der Waals surface area contributed by atoms with Crippen LogP contribution in [0.15, 0.2) is 18.2 Å². The highest BCUT2D eigenvalue weighted by Crippen LogP contribution is 2.22. The molecule has 1 aromatic carbocycles. The quantitative estimate of drug-likeness (QED) is 0.855. The zero-order chi connectivity index (χ0) is 12.3. The lowest BCUT2D eigenvalue weighted by Gasteiger charge is -2.29. The predicted octanol–water partition coefficient (Wildman–Crippen LogP) is 2.68. The van der Waals surface area contributed by atoms with Crippen molar-refractivity contribution in [1.29, 1.82) is 5.26 Å². The Hall–Kier alpha value is -1.60. The van der Waals surface area contributed by atoms with E-state index in [1.54, 1.807) is 6.07 Å². The molecule has 0 amide bonds. The maximum Gasteiger partial charge on any atom is 0.124 e. The highest BCUT2D eigenvalue weighted by Gasteiger charge is 2.19. The number of ether oxygens (including phenoxy) is 1. The van der Waals surface area contributed by atoms with Gasteiger partial charge in [-0.2, -0.15) is 5.26 Å². The third-order valence-electron chi connectivity index (χ3n) is 2.95. The van der Waals surface area contributed by atoms with Crippen LogP contribution in [0.25, 0.3) is 0 Å². The van der Waals surface area contributed by atoms with E-state index >= 15 is 0 Å². The number of nitrogens with one attached hydrogen (secondary N) is 1. The molecule has 1 saturated heterocycles. The van der Waals surface area contributed by atoms with Crippen molar-refractivity contribution >= 4 is 5.69 Å². The summed E-state index contributed by atoms with van der Waals surface area (Å²) in [5.41, 5.74) is 1.05. The minimum Gasteiger partial charge on any atom is -0.381 e. The van der Waals surface area contributed by atoms with Gasteiger partial charge in [0.25, 0.3) is 0 Å². The number of halogens is 1. The smallest absolute Gasteiger partial charge is 0.124 e. The van der Waals surface area contributed by atoms with Crippen LogP contribution in [0.4, 0.5) is 10.1 Å². The number of nitrogens with zero attached hydrogens (tertiary/aromatic N) is 1. The highest BCUT2D eigenvalue weighted by molar-refractivity contribution is 5.57. The van der Waals surface area contributed by atoms with Crippen LogP contribution in [0.5, 0.6) is 0 Å². The topological polar surface area (TPSA) is 45.0 Å². The van der Waals surface area contributed by atoms with E-state index in [1.165, 1.54) is 12.1 Å². The van der Waals surface area contributed by atoms with E-state index in [4.69, 9.17) is 10.00 Å². The monoisotopic (exact) mass is 234 g/mol. The molecule has 1 fully saturated rings. The average Bonchev–Trinajstić information content (AvgIpc) is 2.31. The fourth-order valence-corrected chi connectivity index (χ4v) is 2.08. The van der Waals surface area contributed by atoms with Crippen molar-refractivity contribution < 1.29 is 9.13 Å². The van der Waals surface area contributed by atoms with Crippen molar-refractivity contribution in [3.05, 3.63) is 29.6 Å². The number of nitriles is 1. The second kappa shape index (κ2) is 5.15. The Morgan fingerprint density at radius 2 is 2.35 bits per heavy atom. The summed E-state index contributed by atoms with van der Waals surface area (Å²) in [6, 6.07) is 6.53. The van der Waals surface area contributed by atoms with Gasteiger partial charge in [0.15, 0.2) is 0 Å². The van der Waals surface area contributed by atoms with Crippen molar-refractivity contribution in [3.63, 3.8) is 0 Å². The fourth-order valence-electron chi connectivity index (χ4n) is 2.08. The van der Waals surface area contributed by atoms with E-state index in [9.17, 15) is 4.39 Å². The fraction of sp³-hybridized carbons (Fsp3) is 0.462. The Kier molecular flexibility index (Phi) is 3.60. The average molecular weight is 234 g/mol. The summed E-state index contributed by atoms with van der Waals surface area (Å²) >= 11 is 0. The molecule has 17 heavy (non-hydrogen) atoms. The molecule has 1 aliphatic rings. The van der Waals surface area contributed by atoms with Crippen molar-refractivity contribution in [1.82, 2.24) is 0 Å². The summed E-state index contributed by atoms with van der Waals surface area (Å²) in [5, 5.41) is 12.2. The minimum absolute atomic E-state index is 0.229. The zero-order valence-electron chi connectivity index (χ0n) is 9.74. The second-order valence-electron chi connectivity index (χ2n) is 4.35. The Morgan fingerprint density at radius 1 is 1.53 bits per heavy atom. The summed E-state index contributed by atoms with van der Waals surface area (Å²) in [6.07, 6.45) is 2.04. The summed E-state index contributed by atoms with van der Waals surface area (Å²) in [5.74, 6) is -0.382. The molecule has 2 unspecified atom stereocenters. The van der Waals surface area contributed by atoms with Crippen LogP contribution in [0.2, 0.25) is 0 Å². The molecule has 0 spiro atoms. The molecule has 1 heterocycles. The molecule has 2 rings (SSSR count). The van der Waals surface area contributed by atoms with E-state index in [-0.39, 0.29) is 18.0 Å². The van der Waals surface area contributed by atoms with Crippen molar-refractivity contribution in [2.75, 3.05) is 11.9 Å². The number of hydrogen-bond acceptors (Lipinski definition) is 3. The van der Waals surface area contributed by atoms with Crippen LogP contribution in [0.3, 0.4) is 0 Å². The summed E-state index contributed by atoms with van der Waals surface area (Å²) in [6.45, 7) is 2.76. The Morgan fingerprint density at radius 3 is 3.06 bits per heavy atom. The van der Waals surface area contributed by atoms with Gasteiger partial charge in [-0.1, -0.05) is 0 Å². The molecule has 4 heteroatoms. The summed E-state index contributed by atoms with van der Waals surface area (Å²) in [7, 11) is 0. The largest absolute Gasteiger partial charge is 0.381 e. The maximum absolute atomic E-state index is 13.0. The minimum atomic E-state index is -0.382. The molecule has 90 valence electrons. The lowest BCUT2D eigenvalue weighted by molar-refractivity contribution is 0.0232. The molecule has 2 atom stereocenters. The van der Waals surface area contributed by atoms with Gasteiger partial charge in [-0.05, 0) is 38.0 Å². The van der Waals surface area contributed by atoms with Gasteiger partial charge in [0.05, 0.1) is 17.4 Å². The standard InChI is InChI=1S/C13H15FN2O/c1-9-6-12(4-5-17-9)16-13-3-2-11(14)7-10(13)8-15/h2-3,7,9,12,16H,4-6H2,1H3. The van der Waals surface area contributed by atoms with Crippen LogP contribution in [-0.4, -0.2) is 18.8 Å². The van der Waals surface area contributed by atoms with E-state index in [1.807, 2.05) is 13.0 Å². The van der Waals surface area contributed by atoms with Crippen molar-refractivity contribution in [3.8, 4) is 6.07 Å². The number of rotatable bonds is 2. The Balaban J connectivity index is 2.10. The first-order chi connectivity index (χ1) is 8.19. The lowest BCUT2D eigenvalue weighted by atomic mass is 10.0. The van der Waals surface area contributed by atoms with Gasteiger partial charge in [-0.15, -0.1) is 0 Å². The molecule has 1 N–H and O–H groups in total. The van der Waals surface area contributed by atoms with Crippen molar-refractivity contribution in [2.45, 2.75) is 31.9 Å². The SMILES string of the molecule is CC1CC(Nc2ccc(F)cc2C#N)CCO1. The molecule has 3 nitrogen and oxygen atoms in total. The molecule has 0 bridgehead atoms. The molecular weight excluding hydrogens is 219 g/mol. The summed E-state index contributed by atoms with van der Waals surface area (Å²) in [4.78, 5) is 0. The van der Waals surface area contributed by atoms with Crippen LogP contribution in [0, 0.1) is 17.1 Å². The number of benzene rings is 1. The van der Waals surface area contributed by atoms with E-state index < -0.39 is 0 Å². The highest BCUT2D eigenvalue weighted by atomic mass is 19.1. The van der Waals surface area contributed by atoms with Gasteiger partial charge in [0.1, 0.15) is 11.9 Å². The molecule has 0 saturated carbocycles. The van der Waals surface area contributed by atoms with Gasteiger partial charge in [-0.3, -0.25) is 0 Å². The van der Waals surface area contributed by atoms with Crippen LogP contribution in [0.1, 0.15) is 25.3 Å². The van der Waals surface area contributed by atoms with Gasteiger partial charge >= 0.3 is 0 Å². The molecule has 0 aliphatic carbocycles. The number of anilines is 1. The summed E-state index contributed by atoms with van der Waals surface area (Å²) < 4.78 is 18.4. The molecule has 1 aromatic rings. The van der Waals surface area contributed by atoms with Crippen molar-refractivity contribution in [2.24, 2.45) is 0 Å². The molecule has 0 radical (unpaired) electrons. The van der Waals surface area contributed by atoms with Crippen LogP contribution in [-0.2, 0) is 4.74 Å². The first-order valence-corrected chi connectivity index (χ1v) is 5.77. The Labute approximate surface area is 100 Å². The number of hydrogen-bond donors (Lipinski definition) is 1. The maximum atomic E-state index is 13.0. The molecule has 0 aromatic heterocycles. The third kappa shape index (κ3) is 2.95. The van der Waals surface area contributed by atoms with Gasteiger partial charge in [-0.25, -0.2) is 4.39 Å². The third-order valence-corrected chi connectivity index (χ3v) is 2.95. The van der Waals surface area contributed by atoms with Gasteiger partial charge < -0.3 is 10.1 Å². The molecule has 1 aliphatic heterocycles. The first-order valence-electron chi connectivity index (χ1n) is 5.77. The zero-order valence-corrected chi connectivity index (χ0v) is 9.74. The van der Waals surface area contributed by atoms with Crippen LogP contribution >= 0.6 is 0 Å². The van der Waals surface area contributed by atoms with Crippen LogP contribution < -0.4 is 5.32 Å². The first kappa shape index (κ1) is 11.9.